The summed E-state index contributed by atoms with van der Waals surface area (Å²) in [6, 6.07) is 0.0828. The van der Waals surface area contributed by atoms with Crippen molar-refractivity contribution in [2.45, 2.75) is 38.8 Å². The molecule has 9 nitrogen and oxygen atoms in total. The second kappa shape index (κ2) is 7.06. The van der Waals surface area contributed by atoms with E-state index in [2.05, 4.69) is 11.9 Å². The third-order valence-electron chi connectivity index (χ3n) is 5.35. The topological polar surface area (TPSA) is 108 Å². The van der Waals surface area contributed by atoms with E-state index in [0.717, 1.165) is 24.0 Å². The van der Waals surface area contributed by atoms with Gasteiger partial charge in [-0.1, -0.05) is 6.92 Å². The van der Waals surface area contributed by atoms with Gasteiger partial charge in [0.1, 0.15) is 0 Å². The first-order valence-corrected chi connectivity index (χ1v) is 8.95. The minimum Gasteiger partial charge on any atom is -0.338 e. The number of hydrogen-bond donors (Lipinski definition) is 1. The van der Waals surface area contributed by atoms with Crippen LogP contribution in [-0.2, 0) is 25.4 Å². The number of carbonyl (C=O) groups is 1. The first-order valence-electron chi connectivity index (χ1n) is 8.95. The van der Waals surface area contributed by atoms with Gasteiger partial charge in [-0.3, -0.25) is 18.7 Å². The highest BCUT2D eigenvalue weighted by atomic mass is 16.2. The van der Waals surface area contributed by atoms with Crippen molar-refractivity contribution in [3.63, 3.8) is 0 Å². The van der Waals surface area contributed by atoms with Gasteiger partial charge in [-0.2, -0.15) is 0 Å². The summed E-state index contributed by atoms with van der Waals surface area (Å²) in [5.41, 5.74) is 5.69. The van der Waals surface area contributed by atoms with E-state index in [0.29, 0.717) is 30.2 Å². The molecule has 3 rings (SSSR count). The predicted octanol–water partition coefficient (Wildman–Crippen LogP) is -0.590. The maximum absolute atomic E-state index is 12.7. The monoisotopic (exact) mass is 362 g/mol. The van der Waals surface area contributed by atoms with Crippen LogP contribution in [0.3, 0.4) is 0 Å². The van der Waals surface area contributed by atoms with Crippen LogP contribution in [-0.4, -0.2) is 48.6 Å². The van der Waals surface area contributed by atoms with Crippen molar-refractivity contribution in [3.05, 3.63) is 27.2 Å². The highest BCUT2D eigenvalue weighted by Crippen LogP contribution is 2.22. The van der Waals surface area contributed by atoms with Gasteiger partial charge in [0.15, 0.2) is 11.2 Å². The summed E-state index contributed by atoms with van der Waals surface area (Å²) >= 11 is 0. The van der Waals surface area contributed by atoms with Crippen molar-refractivity contribution >= 4 is 17.1 Å². The summed E-state index contributed by atoms with van der Waals surface area (Å²) in [5, 5.41) is 0. The second-order valence-electron chi connectivity index (χ2n) is 7.17. The van der Waals surface area contributed by atoms with Crippen LogP contribution in [0.1, 0.15) is 26.2 Å². The Morgan fingerprint density at radius 3 is 2.73 bits per heavy atom. The minimum atomic E-state index is -0.419. The fourth-order valence-corrected chi connectivity index (χ4v) is 3.73. The Morgan fingerprint density at radius 2 is 2.04 bits per heavy atom. The molecule has 0 aromatic carbocycles. The number of fused-ring (bicyclic) bond motifs is 1. The number of imidazole rings is 1. The maximum Gasteiger partial charge on any atom is 0.332 e. The Labute approximate surface area is 151 Å². The van der Waals surface area contributed by atoms with Gasteiger partial charge < -0.3 is 15.2 Å². The summed E-state index contributed by atoms with van der Waals surface area (Å²) in [5.74, 6) is 0.616. The molecule has 142 valence electrons. The number of carbonyl (C=O) groups excluding carboxylic acids is 1. The number of aromatic nitrogens is 4. The lowest BCUT2D eigenvalue weighted by molar-refractivity contribution is -0.135. The van der Waals surface area contributed by atoms with E-state index in [-0.39, 0.29) is 18.4 Å². The van der Waals surface area contributed by atoms with Gasteiger partial charge in [-0.25, -0.2) is 9.78 Å². The number of nitrogens with two attached hydrogens (primary N) is 1. The van der Waals surface area contributed by atoms with E-state index >= 15 is 0 Å². The lowest BCUT2D eigenvalue weighted by Gasteiger charge is -2.38. The summed E-state index contributed by atoms with van der Waals surface area (Å²) in [6.45, 7) is 3.71. The van der Waals surface area contributed by atoms with Crippen molar-refractivity contribution < 1.29 is 4.79 Å². The van der Waals surface area contributed by atoms with E-state index in [1.807, 2.05) is 4.90 Å². The predicted molar refractivity (Wildman–Crippen MR) is 97.8 cm³/mol. The summed E-state index contributed by atoms with van der Waals surface area (Å²) in [4.78, 5) is 43.2. The van der Waals surface area contributed by atoms with Gasteiger partial charge in [-0.05, 0) is 18.8 Å². The van der Waals surface area contributed by atoms with E-state index in [1.54, 1.807) is 11.6 Å². The van der Waals surface area contributed by atoms with Crippen LogP contribution < -0.4 is 17.0 Å². The quantitative estimate of drug-likeness (QED) is 0.782. The van der Waals surface area contributed by atoms with E-state index in [1.165, 1.54) is 17.9 Å². The van der Waals surface area contributed by atoms with Crippen LogP contribution in [0.5, 0.6) is 0 Å². The van der Waals surface area contributed by atoms with E-state index in [9.17, 15) is 14.4 Å². The normalized spacial score (nSPS) is 20.7. The Morgan fingerprint density at radius 1 is 1.31 bits per heavy atom. The molecule has 2 N–H and O–H groups in total. The number of hydrogen-bond acceptors (Lipinski definition) is 5. The Kier molecular flexibility index (Phi) is 4.99. The smallest absolute Gasteiger partial charge is 0.332 e. The zero-order valence-corrected chi connectivity index (χ0v) is 15.5. The molecule has 2 unspecified atom stereocenters. The molecular formula is C17H26N6O3. The SMILES string of the molecule is CC1CCN(C(=O)CCn2cnc3c2c(=O)n(C)c(=O)n3C)C(CN)C1. The van der Waals surface area contributed by atoms with Gasteiger partial charge in [0.2, 0.25) is 5.91 Å². The van der Waals surface area contributed by atoms with Crippen molar-refractivity contribution in [1.29, 1.82) is 0 Å². The molecule has 2 aromatic heterocycles. The van der Waals surface area contributed by atoms with Crippen molar-refractivity contribution in [2.75, 3.05) is 13.1 Å². The average molecular weight is 362 g/mol. The van der Waals surface area contributed by atoms with E-state index < -0.39 is 11.2 Å². The average Bonchev–Trinajstić information content (AvgIpc) is 3.06. The summed E-state index contributed by atoms with van der Waals surface area (Å²) in [6.07, 6.45) is 3.69. The molecule has 1 saturated heterocycles. The first-order chi connectivity index (χ1) is 12.3. The zero-order valence-electron chi connectivity index (χ0n) is 15.5. The summed E-state index contributed by atoms with van der Waals surface area (Å²) in [7, 11) is 3.01. The third kappa shape index (κ3) is 3.07. The van der Waals surface area contributed by atoms with Gasteiger partial charge in [0.25, 0.3) is 5.56 Å². The van der Waals surface area contributed by atoms with Crippen molar-refractivity contribution in [1.82, 2.24) is 23.6 Å². The lowest BCUT2D eigenvalue weighted by atomic mass is 9.92. The standard InChI is InChI=1S/C17H26N6O3/c1-11-4-7-23(12(8-11)9-18)13(24)5-6-22-10-19-15-14(22)16(25)21(3)17(26)20(15)2/h10-12H,4-9,18H2,1-3H3. The molecule has 1 aliphatic heterocycles. The van der Waals surface area contributed by atoms with Gasteiger partial charge in [0.05, 0.1) is 6.33 Å². The van der Waals surface area contributed by atoms with Crippen LogP contribution in [0.25, 0.3) is 11.2 Å². The number of likely N-dealkylation sites (tertiary alicyclic amines) is 1. The van der Waals surface area contributed by atoms with Crippen LogP contribution in [0.15, 0.2) is 15.9 Å². The van der Waals surface area contributed by atoms with E-state index in [4.69, 9.17) is 5.73 Å². The lowest BCUT2D eigenvalue weighted by Crippen LogP contribution is -2.49. The molecule has 2 aromatic rings. The molecular weight excluding hydrogens is 336 g/mol. The van der Waals surface area contributed by atoms with Crippen LogP contribution >= 0.6 is 0 Å². The molecule has 0 aliphatic carbocycles. The number of aryl methyl sites for hydroxylation is 2. The molecule has 1 amide bonds. The highest BCUT2D eigenvalue weighted by molar-refractivity contribution is 5.77. The molecule has 0 bridgehead atoms. The fraction of sp³-hybridized carbons (Fsp3) is 0.647. The third-order valence-corrected chi connectivity index (χ3v) is 5.35. The van der Waals surface area contributed by atoms with Gasteiger partial charge in [0, 0.05) is 46.2 Å². The van der Waals surface area contributed by atoms with Gasteiger partial charge in [-0.15, -0.1) is 0 Å². The molecule has 2 atom stereocenters. The molecule has 0 spiro atoms. The largest absolute Gasteiger partial charge is 0.338 e. The summed E-state index contributed by atoms with van der Waals surface area (Å²) < 4.78 is 4.05. The fourth-order valence-electron chi connectivity index (χ4n) is 3.73. The minimum absolute atomic E-state index is 0.0378. The van der Waals surface area contributed by atoms with Crippen LogP contribution in [0.4, 0.5) is 0 Å². The Hall–Kier alpha value is -2.42. The molecule has 0 radical (unpaired) electrons. The van der Waals surface area contributed by atoms with Crippen LogP contribution in [0.2, 0.25) is 0 Å². The first kappa shape index (κ1) is 18.4. The van der Waals surface area contributed by atoms with Crippen molar-refractivity contribution in [3.8, 4) is 0 Å². The molecule has 26 heavy (non-hydrogen) atoms. The second-order valence-corrected chi connectivity index (χ2v) is 7.17. The Balaban J connectivity index is 1.81. The van der Waals surface area contributed by atoms with Gasteiger partial charge >= 0.3 is 5.69 Å². The molecule has 1 aliphatic rings. The highest BCUT2D eigenvalue weighted by Gasteiger charge is 2.28. The molecule has 9 heteroatoms. The molecule has 1 fully saturated rings. The number of amides is 1. The number of piperidine rings is 1. The van der Waals surface area contributed by atoms with Crippen LogP contribution in [0, 0.1) is 5.92 Å². The molecule has 3 heterocycles. The number of nitrogens with zero attached hydrogens (tertiary/aromatic N) is 5. The van der Waals surface area contributed by atoms with Crippen molar-refractivity contribution in [2.24, 2.45) is 25.7 Å². The Bertz CT molecular complexity index is 940. The number of rotatable bonds is 4. The molecule has 0 saturated carbocycles. The maximum atomic E-state index is 12.7. The zero-order chi connectivity index (χ0) is 19.0.